The van der Waals surface area contributed by atoms with E-state index in [0.717, 1.165) is 39.0 Å². The van der Waals surface area contributed by atoms with E-state index in [1.54, 1.807) is 0 Å². The highest BCUT2D eigenvalue weighted by Gasteiger charge is 2.20. The van der Waals surface area contributed by atoms with Crippen LogP contribution < -0.4 is 0 Å². The Labute approximate surface area is 259 Å². The first-order valence-electron chi connectivity index (χ1n) is 15.3. The van der Waals surface area contributed by atoms with Crippen LogP contribution >= 0.6 is 0 Å². The molecule has 2 heterocycles. The molecule has 0 saturated heterocycles. The molecule has 7 rings (SSSR count). The van der Waals surface area contributed by atoms with Gasteiger partial charge in [-0.1, -0.05) is 60.2 Å². The SMILES string of the molecule is Cc1cc(C)c(-c2ccc(-c3c(C)cc(C)c(-c4nc5ccc(-c6ccc7c(c6)ncn7C)cc5n4C)c3C)cc2)c(C)c1. The lowest BCUT2D eigenvalue weighted by atomic mass is 9.87. The van der Waals surface area contributed by atoms with Gasteiger partial charge in [-0.2, -0.15) is 0 Å². The number of benzene rings is 5. The predicted octanol–water partition coefficient (Wildman–Crippen LogP) is 9.98. The second-order valence-corrected chi connectivity index (χ2v) is 12.5. The van der Waals surface area contributed by atoms with Gasteiger partial charge in [0, 0.05) is 19.7 Å². The van der Waals surface area contributed by atoms with E-state index in [0.29, 0.717) is 0 Å². The zero-order chi connectivity index (χ0) is 30.9. The topological polar surface area (TPSA) is 35.6 Å². The average molecular weight is 575 g/mol. The van der Waals surface area contributed by atoms with E-state index in [4.69, 9.17) is 4.98 Å². The largest absolute Gasteiger partial charge is 0.334 e. The molecule has 0 spiro atoms. The molecule has 4 heteroatoms. The van der Waals surface area contributed by atoms with Crippen LogP contribution in [0.3, 0.4) is 0 Å². The number of rotatable bonds is 4. The Morgan fingerprint density at radius 1 is 0.500 bits per heavy atom. The smallest absolute Gasteiger partial charge is 0.141 e. The van der Waals surface area contributed by atoms with Crippen LogP contribution in [0.4, 0.5) is 0 Å². The van der Waals surface area contributed by atoms with Crippen LogP contribution in [0.1, 0.15) is 33.4 Å². The van der Waals surface area contributed by atoms with Gasteiger partial charge < -0.3 is 9.13 Å². The molecule has 7 aromatic rings. The van der Waals surface area contributed by atoms with Gasteiger partial charge in [-0.3, -0.25) is 0 Å². The molecule has 0 radical (unpaired) electrons. The van der Waals surface area contributed by atoms with Crippen LogP contribution in [0, 0.1) is 41.5 Å². The molecule has 0 bridgehead atoms. The summed E-state index contributed by atoms with van der Waals surface area (Å²) in [5.74, 6) is 0.996. The molecule has 0 fully saturated rings. The van der Waals surface area contributed by atoms with Crippen molar-refractivity contribution in [2.24, 2.45) is 14.1 Å². The lowest BCUT2D eigenvalue weighted by Gasteiger charge is -2.18. The Hall–Kier alpha value is -4.96. The summed E-state index contributed by atoms with van der Waals surface area (Å²) in [6.07, 6.45) is 1.87. The molecule has 0 N–H and O–H groups in total. The fraction of sp³-hybridized carbons (Fsp3) is 0.200. The number of imidazole rings is 2. The molecule has 4 nitrogen and oxygen atoms in total. The van der Waals surface area contributed by atoms with Crippen LogP contribution in [-0.4, -0.2) is 19.1 Å². The Morgan fingerprint density at radius 2 is 1.07 bits per heavy atom. The highest BCUT2D eigenvalue weighted by molar-refractivity contribution is 5.90. The van der Waals surface area contributed by atoms with E-state index in [2.05, 4.69) is 142 Å². The highest BCUT2D eigenvalue weighted by atomic mass is 15.1. The molecule has 0 saturated carbocycles. The molecule has 0 aliphatic rings. The Kier molecular flexibility index (Phi) is 6.55. The molecule has 0 unspecified atom stereocenters. The first kappa shape index (κ1) is 27.8. The molecule has 2 aromatic heterocycles. The normalized spacial score (nSPS) is 11.6. The standard InChI is InChI=1S/C40H38N4/c1-23-17-24(2)37(25(3)18-23)29-9-11-30(12-10-29)38-26(4)19-27(5)39(28(38)6)40-42-33-15-13-32(21-36(33)44(40)8)31-14-16-35-34(20-31)41-22-43(35)7/h9-22H,1-8H3. The van der Waals surface area contributed by atoms with Gasteiger partial charge in [0.15, 0.2) is 0 Å². The van der Waals surface area contributed by atoms with Crippen molar-refractivity contribution < 1.29 is 0 Å². The highest BCUT2D eigenvalue weighted by Crippen LogP contribution is 2.39. The van der Waals surface area contributed by atoms with Crippen LogP contribution in [0.5, 0.6) is 0 Å². The van der Waals surface area contributed by atoms with Crippen molar-refractivity contribution in [3.05, 3.63) is 119 Å². The minimum atomic E-state index is 0.996. The van der Waals surface area contributed by atoms with Crippen molar-refractivity contribution in [2.75, 3.05) is 0 Å². The maximum absolute atomic E-state index is 5.18. The summed E-state index contributed by atoms with van der Waals surface area (Å²) in [6.45, 7) is 13.3. The quantitative estimate of drug-likeness (QED) is 0.210. The molecular formula is C40H38N4. The van der Waals surface area contributed by atoms with Gasteiger partial charge in [-0.05, 0) is 127 Å². The third-order valence-electron chi connectivity index (χ3n) is 9.27. The van der Waals surface area contributed by atoms with Gasteiger partial charge in [0.25, 0.3) is 0 Å². The summed E-state index contributed by atoms with van der Waals surface area (Å²) in [5.41, 5.74) is 20.6. The number of hydrogen-bond acceptors (Lipinski definition) is 2. The second-order valence-electron chi connectivity index (χ2n) is 12.5. The summed E-state index contributed by atoms with van der Waals surface area (Å²) in [7, 11) is 4.16. The zero-order valence-electron chi connectivity index (χ0n) is 26.9. The molecule has 0 amide bonds. The van der Waals surface area contributed by atoms with Crippen LogP contribution in [-0.2, 0) is 14.1 Å². The fourth-order valence-electron chi connectivity index (χ4n) is 7.32. The first-order valence-corrected chi connectivity index (χ1v) is 15.3. The number of hydrogen-bond donors (Lipinski definition) is 0. The number of aryl methyl sites for hydroxylation is 7. The first-order chi connectivity index (χ1) is 21.1. The lowest BCUT2D eigenvalue weighted by Crippen LogP contribution is -2.01. The number of nitrogens with zero attached hydrogens (tertiary/aromatic N) is 4. The lowest BCUT2D eigenvalue weighted by molar-refractivity contribution is 0.948. The van der Waals surface area contributed by atoms with E-state index in [1.165, 1.54) is 61.2 Å². The van der Waals surface area contributed by atoms with Crippen LogP contribution in [0.2, 0.25) is 0 Å². The molecule has 0 aliphatic heterocycles. The van der Waals surface area contributed by atoms with Crippen LogP contribution in [0.15, 0.2) is 85.2 Å². The molecule has 0 aliphatic carbocycles. The van der Waals surface area contributed by atoms with Crippen molar-refractivity contribution >= 4 is 22.1 Å². The Balaban J connectivity index is 1.31. The fourth-order valence-corrected chi connectivity index (χ4v) is 7.32. The summed E-state index contributed by atoms with van der Waals surface area (Å²) in [6, 6.07) is 29.0. The Bertz CT molecular complexity index is 2220. The van der Waals surface area contributed by atoms with Gasteiger partial charge in [0.1, 0.15) is 5.82 Å². The van der Waals surface area contributed by atoms with Gasteiger partial charge in [-0.25, -0.2) is 9.97 Å². The van der Waals surface area contributed by atoms with Crippen LogP contribution in [0.25, 0.3) is 66.8 Å². The second kappa shape index (κ2) is 10.3. The van der Waals surface area contributed by atoms with Gasteiger partial charge >= 0.3 is 0 Å². The van der Waals surface area contributed by atoms with Crippen molar-refractivity contribution in [3.8, 4) is 44.8 Å². The average Bonchev–Trinajstić information content (AvgIpc) is 3.51. The third-order valence-corrected chi connectivity index (χ3v) is 9.27. The molecule has 218 valence electrons. The van der Waals surface area contributed by atoms with E-state index in [1.807, 2.05) is 13.4 Å². The summed E-state index contributed by atoms with van der Waals surface area (Å²) >= 11 is 0. The minimum absolute atomic E-state index is 0.996. The van der Waals surface area contributed by atoms with E-state index in [-0.39, 0.29) is 0 Å². The maximum atomic E-state index is 5.18. The van der Waals surface area contributed by atoms with Crippen molar-refractivity contribution in [2.45, 2.75) is 41.5 Å². The number of aromatic nitrogens is 4. The predicted molar refractivity (Wildman–Crippen MR) is 185 cm³/mol. The molecule has 44 heavy (non-hydrogen) atoms. The van der Waals surface area contributed by atoms with E-state index < -0.39 is 0 Å². The zero-order valence-corrected chi connectivity index (χ0v) is 26.9. The summed E-state index contributed by atoms with van der Waals surface area (Å²) < 4.78 is 4.30. The Morgan fingerprint density at radius 3 is 1.77 bits per heavy atom. The van der Waals surface area contributed by atoms with Gasteiger partial charge in [-0.15, -0.1) is 0 Å². The van der Waals surface area contributed by atoms with Crippen molar-refractivity contribution in [3.63, 3.8) is 0 Å². The molecule has 5 aromatic carbocycles. The minimum Gasteiger partial charge on any atom is -0.334 e. The summed E-state index contributed by atoms with van der Waals surface area (Å²) in [5, 5.41) is 0. The maximum Gasteiger partial charge on any atom is 0.141 e. The van der Waals surface area contributed by atoms with Crippen molar-refractivity contribution in [1.29, 1.82) is 0 Å². The van der Waals surface area contributed by atoms with Gasteiger partial charge in [0.05, 0.1) is 28.4 Å². The van der Waals surface area contributed by atoms with E-state index in [9.17, 15) is 0 Å². The molecular weight excluding hydrogens is 536 g/mol. The number of fused-ring (bicyclic) bond motifs is 2. The van der Waals surface area contributed by atoms with Crippen molar-refractivity contribution in [1.82, 2.24) is 19.1 Å². The van der Waals surface area contributed by atoms with E-state index >= 15 is 0 Å². The third kappa shape index (κ3) is 4.44. The summed E-state index contributed by atoms with van der Waals surface area (Å²) in [4.78, 5) is 9.75. The monoisotopic (exact) mass is 574 g/mol. The molecule has 0 atom stereocenters. The van der Waals surface area contributed by atoms with Gasteiger partial charge in [0.2, 0.25) is 0 Å².